The summed E-state index contributed by atoms with van der Waals surface area (Å²) in [6.07, 6.45) is 3.46. The van der Waals surface area contributed by atoms with E-state index in [2.05, 4.69) is 18.7 Å². The van der Waals surface area contributed by atoms with Gasteiger partial charge in [-0.25, -0.2) is 0 Å². The Kier molecular flexibility index (Phi) is 4.62. The number of hydrogen-bond acceptors (Lipinski definition) is 3. The van der Waals surface area contributed by atoms with E-state index < -0.39 is 0 Å². The third kappa shape index (κ3) is 3.45. The van der Waals surface area contributed by atoms with E-state index in [0.29, 0.717) is 18.4 Å². The van der Waals surface area contributed by atoms with Gasteiger partial charge in [0.25, 0.3) is 0 Å². The quantitative estimate of drug-likeness (QED) is 0.813. The summed E-state index contributed by atoms with van der Waals surface area (Å²) < 4.78 is 0. The molecule has 2 N–H and O–H groups in total. The summed E-state index contributed by atoms with van der Waals surface area (Å²) in [5.74, 6) is 1.66. The molecule has 0 saturated carbocycles. The summed E-state index contributed by atoms with van der Waals surface area (Å²) in [6, 6.07) is 0.251. The minimum Gasteiger partial charge on any atom is -0.342 e. The van der Waals surface area contributed by atoms with Gasteiger partial charge < -0.3 is 10.6 Å². The number of likely N-dealkylation sites (tertiary alicyclic amines) is 2. The number of nitrogens with zero attached hydrogens (tertiary/aromatic N) is 2. The smallest absolute Gasteiger partial charge is 0.236 e. The normalized spacial score (nSPS) is 28.6. The van der Waals surface area contributed by atoms with Crippen molar-refractivity contribution in [2.45, 2.75) is 39.2 Å². The summed E-state index contributed by atoms with van der Waals surface area (Å²) in [7, 11) is 0. The molecule has 18 heavy (non-hydrogen) atoms. The van der Waals surface area contributed by atoms with Crippen LogP contribution in [0.25, 0.3) is 0 Å². The number of piperidine rings is 1. The molecular formula is C14H27N3O. The van der Waals surface area contributed by atoms with Crippen LogP contribution in [0.4, 0.5) is 0 Å². The first-order valence-corrected chi connectivity index (χ1v) is 7.32. The Balaban J connectivity index is 1.75. The highest BCUT2D eigenvalue weighted by Gasteiger charge is 2.28. The molecule has 4 heteroatoms. The third-order valence-corrected chi connectivity index (χ3v) is 4.55. The predicted molar refractivity (Wildman–Crippen MR) is 73.2 cm³/mol. The van der Waals surface area contributed by atoms with Gasteiger partial charge in [0, 0.05) is 25.7 Å². The Morgan fingerprint density at radius 1 is 1.28 bits per heavy atom. The standard InChI is InChI=1S/C14H27N3O/c1-11-3-7-17(8-4-11)14(18)10-16-6-5-13(9-16)12(2)15/h11-13H,3-10,15H2,1-2H3. The maximum Gasteiger partial charge on any atom is 0.236 e. The molecule has 2 rings (SSSR count). The van der Waals surface area contributed by atoms with Crippen LogP contribution in [0.3, 0.4) is 0 Å². The minimum absolute atomic E-state index is 0.251. The minimum atomic E-state index is 0.251. The molecule has 0 radical (unpaired) electrons. The number of nitrogens with two attached hydrogens (primary N) is 1. The number of carbonyl (C=O) groups is 1. The summed E-state index contributed by atoms with van der Waals surface area (Å²) in [5, 5.41) is 0. The Morgan fingerprint density at radius 3 is 2.50 bits per heavy atom. The largest absolute Gasteiger partial charge is 0.342 e. The molecule has 0 aliphatic carbocycles. The number of rotatable bonds is 3. The van der Waals surface area contributed by atoms with Crippen LogP contribution in [0.2, 0.25) is 0 Å². The molecular weight excluding hydrogens is 226 g/mol. The van der Waals surface area contributed by atoms with Gasteiger partial charge in [-0.2, -0.15) is 0 Å². The zero-order valence-electron chi connectivity index (χ0n) is 11.8. The van der Waals surface area contributed by atoms with Gasteiger partial charge in [0.1, 0.15) is 0 Å². The van der Waals surface area contributed by atoms with Crippen LogP contribution in [0.15, 0.2) is 0 Å². The van der Waals surface area contributed by atoms with Crippen LogP contribution in [-0.2, 0) is 4.79 Å². The molecule has 2 unspecified atom stereocenters. The van der Waals surface area contributed by atoms with E-state index in [-0.39, 0.29) is 6.04 Å². The van der Waals surface area contributed by atoms with E-state index in [4.69, 9.17) is 5.73 Å². The van der Waals surface area contributed by atoms with Crippen molar-refractivity contribution in [2.75, 3.05) is 32.7 Å². The maximum atomic E-state index is 12.2. The number of hydrogen-bond donors (Lipinski definition) is 1. The van der Waals surface area contributed by atoms with Crippen molar-refractivity contribution in [3.05, 3.63) is 0 Å². The molecule has 0 spiro atoms. The van der Waals surface area contributed by atoms with Crippen LogP contribution in [0.1, 0.15) is 33.1 Å². The van der Waals surface area contributed by atoms with Gasteiger partial charge in [0.2, 0.25) is 5.91 Å². The first kappa shape index (κ1) is 13.8. The second kappa shape index (κ2) is 6.02. The Bertz CT molecular complexity index is 285. The molecule has 1 amide bonds. The second-order valence-corrected chi connectivity index (χ2v) is 6.21. The lowest BCUT2D eigenvalue weighted by molar-refractivity contribution is -0.133. The van der Waals surface area contributed by atoms with Crippen molar-refractivity contribution in [1.82, 2.24) is 9.80 Å². The molecule has 0 aromatic heterocycles. The van der Waals surface area contributed by atoms with Gasteiger partial charge in [-0.15, -0.1) is 0 Å². The average Bonchev–Trinajstić information content (AvgIpc) is 2.78. The first-order chi connectivity index (χ1) is 8.56. The molecule has 0 bridgehead atoms. The van der Waals surface area contributed by atoms with Crippen LogP contribution < -0.4 is 5.73 Å². The zero-order chi connectivity index (χ0) is 13.1. The van der Waals surface area contributed by atoms with E-state index in [9.17, 15) is 4.79 Å². The average molecular weight is 253 g/mol. The monoisotopic (exact) mass is 253 g/mol. The molecule has 0 aromatic rings. The maximum absolute atomic E-state index is 12.2. The molecule has 2 fully saturated rings. The first-order valence-electron chi connectivity index (χ1n) is 7.32. The van der Waals surface area contributed by atoms with Crippen LogP contribution in [0.5, 0.6) is 0 Å². The van der Waals surface area contributed by atoms with Crippen molar-refractivity contribution in [3.63, 3.8) is 0 Å². The Morgan fingerprint density at radius 2 is 1.94 bits per heavy atom. The van der Waals surface area contributed by atoms with Crippen molar-refractivity contribution in [3.8, 4) is 0 Å². The lowest BCUT2D eigenvalue weighted by atomic mass is 9.99. The van der Waals surface area contributed by atoms with Gasteiger partial charge in [-0.05, 0) is 44.6 Å². The van der Waals surface area contributed by atoms with Crippen molar-refractivity contribution in [1.29, 1.82) is 0 Å². The summed E-state index contributed by atoms with van der Waals surface area (Å²) in [5.41, 5.74) is 5.93. The van der Waals surface area contributed by atoms with Crippen LogP contribution in [0, 0.1) is 11.8 Å². The van der Waals surface area contributed by atoms with Crippen molar-refractivity contribution in [2.24, 2.45) is 17.6 Å². The van der Waals surface area contributed by atoms with Gasteiger partial charge in [-0.1, -0.05) is 6.92 Å². The lowest BCUT2D eigenvalue weighted by Gasteiger charge is -2.31. The summed E-state index contributed by atoms with van der Waals surface area (Å²) in [6.45, 7) is 8.86. The molecule has 2 saturated heterocycles. The summed E-state index contributed by atoms with van der Waals surface area (Å²) in [4.78, 5) is 16.5. The predicted octanol–water partition coefficient (Wildman–Crippen LogP) is 0.914. The fraction of sp³-hybridized carbons (Fsp3) is 0.929. The highest BCUT2D eigenvalue weighted by Crippen LogP contribution is 2.20. The highest BCUT2D eigenvalue weighted by atomic mass is 16.2. The van der Waals surface area contributed by atoms with E-state index in [1.807, 2.05) is 4.90 Å². The van der Waals surface area contributed by atoms with E-state index in [0.717, 1.165) is 51.4 Å². The summed E-state index contributed by atoms with van der Waals surface area (Å²) >= 11 is 0. The van der Waals surface area contributed by atoms with Crippen LogP contribution >= 0.6 is 0 Å². The molecule has 0 aromatic carbocycles. The van der Waals surface area contributed by atoms with Crippen LogP contribution in [-0.4, -0.2) is 54.5 Å². The fourth-order valence-electron chi connectivity index (χ4n) is 2.98. The molecule has 4 nitrogen and oxygen atoms in total. The zero-order valence-corrected chi connectivity index (χ0v) is 11.8. The van der Waals surface area contributed by atoms with Gasteiger partial charge >= 0.3 is 0 Å². The SMILES string of the molecule is CC1CCN(C(=O)CN2CCC(C(C)N)C2)CC1. The third-order valence-electron chi connectivity index (χ3n) is 4.55. The number of carbonyl (C=O) groups excluding carboxylic acids is 1. The molecule has 2 aliphatic rings. The molecule has 2 aliphatic heterocycles. The Hall–Kier alpha value is -0.610. The molecule has 104 valence electrons. The van der Waals surface area contributed by atoms with Gasteiger partial charge in [0.05, 0.1) is 6.54 Å². The van der Waals surface area contributed by atoms with Gasteiger partial charge in [0.15, 0.2) is 0 Å². The number of amides is 1. The molecule has 2 heterocycles. The van der Waals surface area contributed by atoms with E-state index in [1.54, 1.807) is 0 Å². The Labute approximate surface area is 110 Å². The van der Waals surface area contributed by atoms with Gasteiger partial charge in [-0.3, -0.25) is 9.69 Å². The second-order valence-electron chi connectivity index (χ2n) is 6.21. The molecule has 2 atom stereocenters. The van der Waals surface area contributed by atoms with E-state index in [1.165, 1.54) is 0 Å². The fourth-order valence-corrected chi connectivity index (χ4v) is 2.98. The highest BCUT2D eigenvalue weighted by molar-refractivity contribution is 5.78. The topological polar surface area (TPSA) is 49.6 Å². The van der Waals surface area contributed by atoms with Crippen molar-refractivity contribution >= 4 is 5.91 Å². The van der Waals surface area contributed by atoms with E-state index >= 15 is 0 Å². The van der Waals surface area contributed by atoms with Crippen molar-refractivity contribution < 1.29 is 4.79 Å². The lowest BCUT2D eigenvalue weighted by Crippen LogP contribution is -2.43.